The normalized spacial score (nSPS) is 12.0. The largest absolute Gasteiger partial charge is 0.383 e. The van der Waals surface area contributed by atoms with Gasteiger partial charge in [-0.15, -0.1) is 0 Å². The molecule has 0 spiro atoms. The minimum Gasteiger partial charge on any atom is -0.383 e. The first kappa shape index (κ1) is 15.9. The Morgan fingerprint density at radius 2 is 1.76 bits per heavy atom. The third-order valence-electron chi connectivity index (χ3n) is 4.01. The molecule has 2 aromatic rings. The highest BCUT2D eigenvalue weighted by Crippen LogP contribution is 2.33. The van der Waals surface area contributed by atoms with E-state index in [1.165, 1.54) is 5.56 Å². The summed E-state index contributed by atoms with van der Waals surface area (Å²) in [6.07, 6.45) is 0.992. The summed E-state index contributed by atoms with van der Waals surface area (Å²) in [7, 11) is 1.70. The summed E-state index contributed by atoms with van der Waals surface area (Å²) < 4.78 is 18.9. The molecule has 0 fully saturated rings. The van der Waals surface area contributed by atoms with Crippen molar-refractivity contribution in [3.05, 3.63) is 47.8 Å². The van der Waals surface area contributed by atoms with E-state index in [0.29, 0.717) is 5.39 Å². The van der Waals surface area contributed by atoms with Gasteiger partial charge in [-0.2, -0.15) is 0 Å². The van der Waals surface area contributed by atoms with Crippen LogP contribution in [0.5, 0.6) is 0 Å². The lowest BCUT2D eigenvalue weighted by Crippen LogP contribution is -2.27. The zero-order chi connectivity index (χ0) is 15.3. The standard InChI is InChI=1S/C18H24FNO/c1-18(2,10-11-20-12-13-21-3)16-8-9-17(19)15-7-5-4-6-14(15)16/h4-9,20H,10-13H2,1-3H3. The van der Waals surface area contributed by atoms with Crippen LogP contribution in [0.25, 0.3) is 10.8 Å². The van der Waals surface area contributed by atoms with E-state index < -0.39 is 0 Å². The Labute approximate surface area is 126 Å². The van der Waals surface area contributed by atoms with Gasteiger partial charge in [-0.25, -0.2) is 4.39 Å². The van der Waals surface area contributed by atoms with Crippen molar-refractivity contribution in [3.63, 3.8) is 0 Å². The second kappa shape index (κ2) is 7.01. The fourth-order valence-electron chi connectivity index (χ4n) is 2.69. The van der Waals surface area contributed by atoms with Crippen molar-refractivity contribution in [2.75, 3.05) is 26.8 Å². The van der Waals surface area contributed by atoms with E-state index in [9.17, 15) is 4.39 Å². The molecule has 2 nitrogen and oxygen atoms in total. The van der Waals surface area contributed by atoms with Crippen molar-refractivity contribution in [2.45, 2.75) is 25.7 Å². The lowest BCUT2D eigenvalue weighted by molar-refractivity contribution is 0.198. The minimum atomic E-state index is -0.150. The number of methoxy groups -OCH3 is 1. The SMILES string of the molecule is COCCNCCC(C)(C)c1ccc(F)c2ccccc12. The predicted octanol–water partition coefficient (Wildman–Crippen LogP) is 3.88. The van der Waals surface area contributed by atoms with Crippen LogP contribution >= 0.6 is 0 Å². The van der Waals surface area contributed by atoms with E-state index in [2.05, 4.69) is 19.2 Å². The number of nitrogens with one attached hydrogen (secondary N) is 1. The Balaban J connectivity index is 2.18. The summed E-state index contributed by atoms with van der Waals surface area (Å²) in [5.41, 5.74) is 1.20. The van der Waals surface area contributed by atoms with E-state index in [-0.39, 0.29) is 11.2 Å². The van der Waals surface area contributed by atoms with Crippen molar-refractivity contribution in [1.82, 2.24) is 5.32 Å². The Kier molecular flexibility index (Phi) is 5.32. The number of fused-ring (bicyclic) bond motifs is 1. The van der Waals surface area contributed by atoms with Crippen LogP contribution in [-0.2, 0) is 10.2 Å². The summed E-state index contributed by atoms with van der Waals surface area (Å²) in [5, 5.41) is 5.09. The Morgan fingerprint density at radius 1 is 1.05 bits per heavy atom. The van der Waals surface area contributed by atoms with Gasteiger partial charge in [0, 0.05) is 19.0 Å². The molecular formula is C18H24FNO. The molecule has 0 heterocycles. The van der Waals surface area contributed by atoms with Crippen LogP contribution in [0.4, 0.5) is 4.39 Å². The van der Waals surface area contributed by atoms with E-state index in [0.717, 1.165) is 31.5 Å². The van der Waals surface area contributed by atoms with Crippen molar-refractivity contribution < 1.29 is 9.13 Å². The average Bonchev–Trinajstić information content (AvgIpc) is 2.47. The third kappa shape index (κ3) is 3.80. The van der Waals surface area contributed by atoms with Gasteiger partial charge in [-0.05, 0) is 35.4 Å². The van der Waals surface area contributed by atoms with Crippen molar-refractivity contribution in [2.24, 2.45) is 0 Å². The van der Waals surface area contributed by atoms with Gasteiger partial charge in [-0.1, -0.05) is 44.2 Å². The van der Waals surface area contributed by atoms with Gasteiger partial charge in [-0.3, -0.25) is 0 Å². The molecule has 0 bridgehead atoms. The monoisotopic (exact) mass is 289 g/mol. The maximum Gasteiger partial charge on any atom is 0.131 e. The average molecular weight is 289 g/mol. The molecule has 0 aliphatic carbocycles. The summed E-state index contributed by atoms with van der Waals surface area (Å²) >= 11 is 0. The molecule has 0 amide bonds. The van der Waals surface area contributed by atoms with Gasteiger partial charge in [0.2, 0.25) is 0 Å². The van der Waals surface area contributed by atoms with Crippen molar-refractivity contribution in [3.8, 4) is 0 Å². The fraction of sp³-hybridized carbons (Fsp3) is 0.444. The molecule has 2 aromatic carbocycles. The quantitative estimate of drug-likeness (QED) is 0.781. The van der Waals surface area contributed by atoms with Crippen LogP contribution in [0.3, 0.4) is 0 Å². The van der Waals surface area contributed by atoms with Crippen LogP contribution in [-0.4, -0.2) is 26.8 Å². The zero-order valence-electron chi connectivity index (χ0n) is 13.1. The topological polar surface area (TPSA) is 21.3 Å². The van der Waals surface area contributed by atoms with Crippen LogP contribution in [0.15, 0.2) is 36.4 Å². The maximum atomic E-state index is 13.9. The van der Waals surface area contributed by atoms with Crippen LogP contribution < -0.4 is 5.32 Å². The lowest BCUT2D eigenvalue weighted by atomic mass is 9.79. The molecule has 0 saturated carbocycles. The molecule has 0 aliphatic rings. The van der Waals surface area contributed by atoms with Gasteiger partial charge in [0.1, 0.15) is 5.82 Å². The molecule has 0 aromatic heterocycles. The van der Waals surface area contributed by atoms with E-state index in [1.54, 1.807) is 13.2 Å². The van der Waals surface area contributed by atoms with Crippen molar-refractivity contribution >= 4 is 10.8 Å². The predicted molar refractivity (Wildman–Crippen MR) is 86.3 cm³/mol. The number of ether oxygens (including phenoxy) is 1. The zero-order valence-corrected chi connectivity index (χ0v) is 13.1. The summed E-state index contributed by atoms with van der Waals surface area (Å²) in [6.45, 7) is 6.92. The second-order valence-electron chi connectivity index (χ2n) is 6.02. The van der Waals surface area contributed by atoms with Gasteiger partial charge >= 0.3 is 0 Å². The summed E-state index contributed by atoms with van der Waals surface area (Å²) in [5.74, 6) is -0.150. The van der Waals surface area contributed by atoms with Crippen molar-refractivity contribution in [1.29, 1.82) is 0 Å². The Bertz CT molecular complexity index is 595. The third-order valence-corrected chi connectivity index (χ3v) is 4.01. The molecule has 0 radical (unpaired) electrons. The lowest BCUT2D eigenvalue weighted by Gasteiger charge is -2.27. The number of halogens is 1. The molecule has 3 heteroatoms. The molecule has 0 atom stereocenters. The molecule has 2 rings (SSSR count). The van der Waals surface area contributed by atoms with Crippen LogP contribution in [0.1, 0.15) is 25.8 Å². The first-order chi connectivity index (χ1) is 10.1. The number of rotatable bonds is 7. The maximum absolute atomic E-state index is 13.9. The molecule has 21 heavy (non-hydrogen) atoms. The number of hydrogen-bond donors (Lipinski definition) is 1. The molecule has 0 aliphatic heterocycles. The van der Waals surface area contributed by atoms with Gasteiger partial charge < -0.3 is 10.1 Å². The van der Waals surface area contributed by atoms with Gasteiger partial charge in [0.15, 0.2) is 0 Å². The molecular weight excluding hydrogens is 265 g/mol. The minimum absolute atomic E-state index is 0.00657. The Morgan fingerprint density at radius 3 is 2.48 bits per heavy atom. The fourth-order valence-corrected chi connectivity index (χ4v) is 2.69. The van der Waals surface area contributed by atoms with E-state index in [1.807, 2.05) is 30.3 Å². The molecule has 114 valence electrons. The molecule has 0 unspecified atom stereocenters. The van der Waals surface area contributed by atoms with E-state index in [4.69, 9.17) is 4.74 Å². The highest BCUT2D eigenvalue weighted by atomic mass is 19.1. The van der Waals surface area contributed by atoms with E-state index >= 15 is 0 Å². The van der Waals surface area contributed by atoms with Gasteiger partial charge in [0.05, 0.1) is 6.61 Å². The number of benzene rings is 2. The molecule has 1 N–H and O–H groups in total. The second-order valence-corrected chi connectivity index (χ2v) is 6.02. The van der Waals surface area contributed by atoms with Gasteiger partial charge in [0.25, 0.3) is 0 Å². The molecule has 0 saturated heterocycles. The number of hydrogen-bond acceptors (Lipinski definition) is 2. The first-order valence-electron chi connectivity index (χ1n) is 7.43. The smallest absolute Gasteiger partial charge is 0.131 e. The summed E-state index contributed by atoms with van der Waals surface area (Å²) in [4.78, 5) is 0. The highest BCUT2D eigenvalue weighted by Gasteiger charge is 2.23. The first-order valence-corrected chi connectivity index (χ1v) is 7.43. The van der Waals surface area contributed by atoms with Crippen LogP contribution in [0, 0.1) is 5.82 Å². The Hall–Kier alpha value is -1.45. The summed E-state index contributed by atoms with van der Waals surface area (Å²) in [6, 6.07) is 11.2. The van der Waals surface area contributed by atoms with Crippen LogP contribution in [0.2, 0.25) is 0 Å². The highest BCUT2D eigenvalue weighted by molar-refractivity contribution is 5.87.